The minimum atomic E-state index is -0.741. The molecule has 2 heterocycles. The van der Waals surface area contributed by atoms with Crippen LogP contribution in [0.5, 0.6) is 0 Å². The normalized spacial score (nSPS) is 14.9. The van der Waals surface area contributed by atoms with E-state index < -0.39 is 11.8 Å². The molecule has 0 aliphatic carbocycles. The first-order valence-corrected chi connectivity index (χ1v) is 8.37. The van der Waals surface area contributed by atoms with Gasteiger partial charge in [0.2, 0.25) is 5.91 Å². The summed E-state index contributed by atoms with van der Waals surface area (Å²) in [4.78, 5) is 41.5. The largest absolute Gasteiger partial charge is 0.375 e. The predicted octanol–water partition coefficient (Wildman–Crippen LogP) is 0.336. The Bertz CT molecular complexity index is 610. The van der Waals surface area contributed by atoms with Gasteiger partial charge in [-0.25, -0.2) is 4.98 Å². The lowest BCUT2D eigenvalue weighted by molar-refractivity contribution is -0.138. The maximum atomic E-state index is 12.0. The van der Waals surface area contributed by atoms with Gasteiger partial charge in [0.05, 0.1) is 0 Å². The molecule has 2 rings (SSSR count). The number of ether oxygens (including phenoxy) is 1. The summed E-state index contributed by atoms with van der Waals surface area (Å²) in [6.07, 6.45) is 3.74. The number of nitrogens with one attached hydrogen (secondary N) is 2. The molecule has 1 aromatic rings. The van der Waals surface area contributed by atoms with Gasteiger partial charge in [-0.2, -0.15) is 0 Å². The predicted molar refractivity (Wildman–Crippen MR) is 91.9 cm³/mol. The quantitative estimate of drug-likeness (QED) is 0.747. The Kier molecular flexibility index (Phi) is 6.88. The molecule has 0 atom stereocenters. The van der Waals surface area contributed by atoms with Crippen molar-refractivity contribution in [3.8, 4) is 0 Å². The average molecular weight is 348 g/mol. The Hall–Kier alpha value is -2.48. The molecule has 0 saturated carbocycles. The maximum absolute atomic E-state index is 12.0. The van der Waals surface area contributed by atoms with E-state index in [1.54, 1.807) is 17.2 Å². The van der Waals surface area contributed by atoms with Crippen molar-refractivity contribution in [3.05, 3.63) is 23.9 Å². The van der Waals surface area contributed by atoms with Crippen LogP contribution >= 0.6 is 0 Å². The molecule has 0 bridgehead atoms. The summed E-state index contributed by atoms with van der Waals surface area (Å²) in [5.41, 5.74) is 1.05. The molecule has 8 nitrogen and oxygen atoms in total. The van der Waals surface area contributed by atoms with E-state index in [4.69, 9.17) is 4.74 Å². The molecular weight excluding hydrogens is 324 g/mol. The lowest BCUT2D eigenvalue weighted by Gasteiger charge is -2.32. The van der Waals surface area contributed by atoms with Crippen LogP contribution in [-0.2, 0) is 25.5 Å². The first-order chi connectivity index (χ1) is 12.0. The van der Waals surface area contributed by atoms with Gasteiger partial charge in [0.25, 0.3) is 0 Å². The number of pyridine rings is 1. The Balaban J connectivity index is 1.77. The van der Waals surface area contributed by atoms with Crippen LogP contribution < -0.4 is 10.6 Å². The van der Waals surface area contributed by atoms with E-state index >= 15 is 0 Å². The molecular formula is C17H24N4O4. The number of rotatable bonds is 5. The number of hydrogen-bond acceptors (Lipinski definition) is 5. The molecule has 3 amide bonds. The van der Waals surface area contributed by atoms with Crippen LogP contribution in [0, 0.1) is 0 Å². The number of nitrogens with zero attached hydrogens (tertiary/aromatic N) is 2. The highest BCUT2D eigenvalue weighted by Gasteiger charge is 2.25. The fourth-order valence-corrected chi connectivity index (χ4v) is 2.62. The number of likely N-dealkylation sites (tertiary alicyclic amines) is 1. The monoisotopic (exact) mass is 348 g/mol. The van der Waals surface area contributed by atoms with Gasteiger partial charge in [0.15, 0.2) is 0 Å². The number of piperidine rings is 1. The molecule has 0 aromatic carbocycles. The van der Waals surface area contributed by atoms with Crippen LogP contribution in [0.2, 0.25) is 0 Å². The van der Waals surface area contributed by atoms with Crippen molar-refractivity contribution >= 4 is 23.5 Å². The SMILES string of the molecule is CCc1ccc(NC(=O)C(=O)NC2CCN(C(=O)COC)CC2)nc1. The molecule has 8 heteroatoms. The van der Waals surface area contributed by atoms with Crippen molar-refractivity contribution in [2.45, 2.75) is 32.2 Å². The van der Waals surface area contributed by atoms with Gasteiger partial charge in [-0.05, 0) is 30.9 Å². The summed E-state index contributed by atoms with van der Waals surface area (Å²) in [5, 5.41) is 5.19. The highest BCUT2D eigenvalue weighted by molar-refractivity contribution is 6.39. The number of aryl methyl sites for hydroxylation is 1. The van der Waals surface area contributed by atoms with Crippen molar-refractivity contribution in [2.24, 2.45) is 0 Å². The molecule has 136 valence electrons. The van der Waals surface area contributed by atoms with Gasteiger partial charge in [0, 0.05) is 32.4 Å². The van der Waals surface area contributed by atoms with E-state index in [1.807, 2.05) is 13.0 Å². The van der Waals surface area contributed by atoms with Crippen molar-refractivity contribution in [1.82, 2.24) is 15.2 Å². The van der Waals surface area contributed by atoms with Gasteiger partial charge in [-0.15, -0.1) is 0 Å². The number of amides is 3. The zero-order chi connectivity index (χ0) is 18.2. The minimum Gasteiger partial charge on any atom is -0.375 e. The molecule has 0 unspecified atom stereocenters. The van der Waals surface area contributed by atoms with E-state index in [1.165, 1.54) is 7.11 Å². The van der Waals surface area contributed by atoms with Crippen LogP contribution in [0.1, 0.15) is 25.3 Å². The number of hydrogen-bond donors (Lipinski definition) is 2. The Morgan fingerprint density at radius 3 is 2.52 bits per heavy atom. The van der Waals surface area contributed by atoms with Gasteiger partial charge in [0.1, 0.15) is 12.4 Å². The number of methoxy groups -OCH3 is 1. The minimum absolute atomic E-state index is 0.0588. The molecule has 1 fully saturated rings. The molecule has 0 radical (unpaired) electrons. The third-order valence-electron chi connectivity index (χ3n) is 4.13. The standard InChI is InChI=1S/C17H24N4O4/c1-3-12-4-5-14(18-10-12)20-17(24)16(23)19-13-6-8-21(9-7-13)15(22)11-25-2/h4-5,10,13H,3,6-9,11H2,1-2H3,(H,19,23)(H,18,20,24). The maximum Gasteiger partial charge on any atom is 0.314 e. The summed E-state index contributed by atoms with van der Waals surface area (Å²) in [6.45, 7) is 3.14. The summed E-state index contributed by atoms with van der Waals surface area (Å²) in [7, 11) is 1.48. The zero-order valence-electron chi connectivity index (χ0n) is 14.6. The van der Waals surface area contributed by atoms with Crippen LogP contribution in [-0.4, -0.2) is 60.5 Å². The van der Waals surface area contributed by atoms with Crippen molar-refractivity contribution in [2.75, 3.05) is 32.1 Å². The third kappa shape index (κ3) is 5.53. The third-order valence-corrected chi connectivity index (χ3v) is 4.13. The van der Waals surface area contributed by atoms with E-state index in [0.717, 1.165) is 12.0 Å². The van der Waals surface area contributed by atoms with Gasteiger partial charge in [-0.1, -0.05) is 13.0 Å². The highest BCUT2D eigenvalue weighted by atomic mass is 16.5. The van der Waals surface area contributed by atoms with E-state index in [9.17, 15) is 14.4 Å². The second-order valence-electron chi connectivity index (χ2n) is 5.92. The lowest BCUT2D eigenvalue weighted by Crippen LogP contribution is -2.49. The molecule has 1 aliphatic rings. The Morgan fingerprint density at radius 2 is 1.96 bits per heavy atom. The van der Waals surface area contributed by atoms with Crippen molar-refractivity contribution < 1.29 is 19.1 Å². The van der Waals surface area contributed by atoms with Crippen LogP contribution in [0.4, 0.5) is 5.82 Å². The second kappa shape index (κ2) is 9.12. The summed E-state index contributed by atoms with van der Waals surface area (Å²) >= 11 is 0. The first-order valence-electron chi connectivity index (χ1n) is 8.37. The van der Waals surface area contributed by atoms with E-state index in [0.29, 0.717) is 31.7 Å². The van der Waals surface area contributed by atoms with Crippen LogP contribution in [0.25, 0.3) is 0 Å². The molecule has 0 spiro atoms. The smallest absolute Gasteiger partial charge is 0.314 e. The molecule has 25 heavy (non-hydrogen) atoms. The number of carbonyl (C=O) groups is 3. The number of carbonyl (C=O) groups excluding carboxylic acids is 3. The van der Waals surface area contributed by atoms with E-state index in [2.05, 4.69) is 15.6 Å². The van der Waals surface area contributed by atoms with Crippen LogP contribution in [0.15, 0.2) is 18.3 Å². The molecule has 2 N–H and O–H groups in total. The Labute approximate surface area is 146 Å². The van der Waals surface area contributed by atoms with Gasteiger partial charge >= 0.3 is 11.8 Å². The van der Waals surface area contributed by atoms with Crippen LogP contribution in [0.3, 0.4) is 0 Å². The highest BCUT2D eigenvalue weighted by Crippen LogP contribution is 2.11. The second-order valence-corrected chi connectivity index (χ2v) is 5.92. The van der Waals surface area contributed by atoms with Crippen molar-refractivity contribution in [1.29, 1.82) is 0 Å². The summed E-state index contributed by atoms with van der Waals surface area (Å²) in [5.74, 6) is -1.15. The molecule has 1 aromatic heterocycles. The topological polar surface area (TPSA) is 101 Å². The number of anilines is 1. The Morgan fingerprint density at radius 1 is 1.24 bits per heavy atom. The van der Waals surface area contributed by atoms with Crippen molar-refractivity contribution in [3.63, 3.8) is 0 Å². The van der Waals surface area contributed by atoms with Gasteiger partial charge < -0.3 is 20.3 Å². The fourth-order valence-electron chi connectivity index (χ4n) is 2.62. The summed E-state index contributed by atoms with van der Waals surface area (Å²) < 4.78 is 4.83. The fraction of sp³-hybridized carbons (Fsp3) is 0.529. The average Bonchev–Trinajstić information content (AvgIpc) is 2.63. The first kappa shape index (κ1) is 18.9. The summed E-state index contributed by atoms with van der Waals surface area (Å²) in [6, 6.07) is 3.40. The lowest BCUT2D eigenvalue weighted by atomic mass is 10.0. The van der Waals surface area contributed by atoms with Gasteiger partial charge in [-0.3, -0.25) is 14.4 Å². The molecule has 1 aliphatic heterocycles. The molecule has 1 saturated heterocycles. The van der Waals surface area contributed by atoms with E-state index in [-0.39, 0.29) is 18.6 Å². The zero-order valence-corrected chi connectivity index (χ0v) is 14.6. The number of aromatic nitrogens is 1.